The molecule has 1 aromatic carbocycles. The molecule has 106 valence electrons. The number of hydrogen-bond donors (Lipinski definition) is 0. The summed E-state index contributed by atoms with van der Waals surface area (Å²) in [5.41, 5.74) is 2.76. The molecule has 1 heterocycles. The number of rotatable bonds is 4. The summed E-state index contributed by atoms with van der Waals surface area (Å²) in [6.07, 6.45) is 2.30. The number of para-hydroxylation sites is 1. The van der Waals surface area contributed by atoms with Gasteiger partial charge in [0.05, 0.1) is 12.3 Å². The van der Waals surface area contributed by atoms with E-state index in [1.54, 1.807) is 11.0 Å². The topological polar surface area (TPSA) is 46.6 Å². The Morgan fingerprint density at radius 2 is 2.10 bits per heavy atom. The molecule has 1 aromatic rings. The van der Waals surface area contributed by atoms with Gasteiger partial charge in [0.2, 0.25) is 5.91 Å². The molecule has 4 heteroatoms. The predicted octanol–water partition coefficient (Wildman–Crippen LogP) is 2.53. The number of esters is 1. The fourth-order valence-electron chi connectivity index (χ4n) is 2.58. The van der Waals surface area contributed by atoms with Gasteiger partial charge in [-0.3, -0.25) is 9.69 Å². The van der Waals surface area contributed by atoms with E-state index in [1.807, 2.05) is 32.0 Å². The zero-order valence-electron chi connectivity index (χ0n) is 11.9. The summed E-state index contributed by atoms with van der Waals surface area (Å²) in [4.78, 5) is 25.9. The molecular weight excluding hydrogens is 254 g/mol. The molecule has 1 unspecified atom stereocenters. The van der Waals surface area contributed by atoms with Crippen LogP contribution in [0.3, 0.4) is 0 Å². The monoisotopic (exact) mass is 273 g/mol. The van der Waals surface area contributed by atoms with Crippen molar-refractivity contribution in [2.45, 2.75) is 32.7 Å². The molecule has 1 saturated heterocycles. The molecule has 4 nitrogen and oxygen atoms in total. The van der Waals surface area contributed by atoms with Crippen LogP contribution in [-0.4, -0.2) is 24.5 Å². The Kier molecular flexibility index (Phi) is 4.23. The number of ether oxygens (including phenoxy) is 1. The van der Waals surface area contributed by atoms with Gasteiger partial charge in [0.25, 0.3) is 0 Å². The fourth-order valence-corrected chi connectivity index (χ4v) is 2.58. The van der Waals surface area contributed by atoms with Gasteiger partial charge in [-0.05, 0) is 25.0 Å². The molecule has 0 aliphatic carbocycles. The zero-order chi connectivity index (χ0) is 14.7. The molecule has 0 N–H and O–H groups in total. The average Bonchev–Trinajstić information content (AvgIpc) is 2.80. The first-order chi connectivity index (χ1) is 9.56. The molecule has 2 rings (SSSR count). The Labute approximate surface area is 119 Å². The number of anilines is 1. The van der Waals surface area contributed by atoms with Crippen molar-refractivity contribution in [3.63, 3.8) is 0 Å². The quantitative estimate of drug-likeness (QED) is 0.625. The zero-order valence-corrected chi connectivity index (χ0v) is 11.9. The first-order valence-electron chi connectivity index (χ1n) is 6.72. The van der Waals surface area contributed by atoms with Gasteiger partial charge in [0.1, 0.15) is 6.04 Å². The van der Waals surface area contributed by atoms with E-state index in [1.165, 1.54) is 0 Å². The molecule has 1 aliphatic rings. The number of carbonyl (C=O) groups is 2. The van der Waals surface area contributed by atoms with Crippen molar-refractivity contribution in [1.82, 2.24) is 0 Å². The number of benzene rings is 1. The van der Waals surface area contributed by atoms with Crippen LogP contribution >= 0.6 is 0 Å². The summed E-state index contributed by atoms with van der Waals surface area (Å²) in [6.45, 7) is 7.85. The lowest BCUT2D eigenvalue weighted by atomic mass is 10.0. The predicted molar refractivity (Wildman–Crippen MR) is 77.6 cm³/mol. The molecule has 20 heavy (non-hydrogen) atoms. The van der Waals surface area contributed by atoms with Crippen molar-refractivity contribution in [2.75, 3.05) is 11.5 Å². The highest BCUT2D eigenvalue weighted by atomic mass is 16.5. The molecule has 0 radical (unpaired) electrons. The first-order valence-corrected chi connectivity index (χ1v) is 6.72. The lowest BCUT2D eigenvalue weighted by molar-refractivity contribution is -0.140. The van der Waals surface area contributed by atoms with Crippen molar-refractivity contribution in [2.24, 2.45) is 0 Å². The van der Waals surface area contributed by atoms with E-state index in [2.05, 4.69) is 6.58 Å². The van der Waals surface area contributed by atoms with Crippen LogP contribution in [-0.2, 0) is 14.3 Å². The van der Waals surface area contributed by atoms with Crippen molar-refractivity contribution in [3.05, 3.63) is 42.0 Å². The minimum atomic E-state index is -0.526. The summed E-state index contributed by atoms with van der Waals surface area (Å²) in [6, 6.07) is 5.30. The van der Waals surface area contributed by atoms with E-state index in [0.29, 0.717) is 13.0 Å². The van der Waals surface area contributed by atoms with Crippen molar-refractivity contribution in [3.8, 4) is 0 Å². The van der Waals surface area contributed by atoms with E-state index >= 15 is 0 Å². The molecule has 0 spiro atoms. The number of aryl methyl sites for hydroxylation is 2. The van der Waals surface area contributed by atoms with Crippen LogP contribution in [0, 0.1) is 13.8 Å². The number of carbonyl (C=O) groups excluding carboxylic acids is 2. The van der Waals surface area contributed by atoms with Crippen molar-refractivity contribution >= 4 is 17.6 Å². The van der Waals surface area contributed by atoms with Crippen LogP contribution in [0.25, 0.3) is 0 Å². The first kappa shape index (κ1) is 14.3. The Morgan fingerprint density at radius 1 is 1.45 bits per heavy atom. The largest absolute Gasteiger partial charge is 0.464 e. The summed E-state index contributed by atoms with van der Waals surface area (Å²) in [5.74, 6) is -0.452. The second-order valence-electron chi connectivity index (χ2n) is 4.97. The number of hydrogen-bond acceptors (Lipinski definition) is 3. The van der Waals surface area contributed by atoms with Gasteiger partial charge in [0.15, 0.2) is 0 Å². The fraction of sp³-hybridized carbons (Fsp3) is 0.375. The number of cyclic esters (lactones) is 1. The van der Waals surface area contributed by atoms with Crippen LogP contribution in [0.15, 0.2) is 30.9 Å². The number of nitrogens with zero attached hydrogens (tertiary/aromatic N) is 1. The van der Waals surface area contributed by atoms with Gasteiger partial charge in [-0.2, -0.15) is 0 Å². The standard InChI is InChI=1S/C16H19NO3/c1-4-6-14(18)17(13-9-10-20-16(13)19)15-11(2)7-5-8-12(15)3/h4-5,7-8,13H,1,6,9-10H2,2-3H3. The maximum absolute atomic E-state index is 12.4. The van der Waals surface area contributed by atoms with Gasteiger partial charge in [-0.25, -0.2) is 4.79 Å². The van der Waals surface area contributed by atoms with Crippen LogP contribution in [0.1, 0.15) is 24.0 Å². The van der Waals surface area contributed by atoms with Crippen LogP contribution in [0.4, 0.5) is 5.69 Å². The highest BCUT2D eigenvalue weighted by molar-refractivity contribution is 6.01. The highest BCUT2D eigenvalue weighted by Gasteiger charge is 2.36. The lowest BCUT2D eigenvalue weighted by Gasteiger charge is -2.29. The smallest absolute Gasteiger partial charge is 0.329 e. The maximum Gasteiger partial charge on any atom is 0.329 e. The van der Waals surface area contributed by atoms with Gasteiger partial charge in [-0.15, -0.1) is 6.58 Å². The summed E-state index contributed by atoms with van der Waals surface area (Å²) in [5, 5.41) is 0. The van der Waals surface area contributed by atoms with Crippen LogP contribution < -0.4 is 4.90 Å². The molecular formula is C16H19NO3. The Hall–Kier alpha value is -2.10. The van der Waals surface area contributed by atoms with Gasteiger partial charge in [-0.1, -0.05) is 24.3 Å². The third kappa shape index (κ3) is 2.59. The van der Waals surface area contributed by atoms with Gasteiger partial charge < -0.3 is 4.74 Å². The molecule has 0 saturated carbocycles. The van der Waals surface area contributed by atoms with E-state index in [4.69, 9.17) is 4.74 Å². The van der Waals surface area contributed by atoms with Gasteiger partial charge >= 0.3 is 5.97 Å². The molecule has 1 fully saturated rings. The minimum Gasteiger partial charge on any atom is -0.464 e. The third-order valence-corrected chi connectivity index (χ3v) is 3.49. The van der Waals surface area contributed by atoms with E-state index < -0.39 is 6.04 Å². The maximum atomic E-state index is 12.4. The Balaban J connectivity index is 2.48. The lowest BCUT2D eigenvalue weighted by Crippen LogP contribution is -2.43. The second kappa shape index (κ2) is 5.90. The normalized spacial score (nSPS) is 17.7. The van der Waals surface area contributed by atoms with Crippen LogP contribution in [0.5, 0.6) is 0 Å². The molecule has 1 aliphatic heterocycles. The SMILES string of the molecule is C=CCC(=O)N(c1c(C)cccc1C)C1CCOC1=O. The van der Waals surface area contributed by atoms with Crippen LogP contribution in [0.2, 0.25) is 0 Å². The summed E-state index contributed by atoms with van der Waals surface area (Å²) in [7, 11) is 0. The third-order valence-electron chi connectivity index (χ3n) is 3.49. The van der Waals surface area contributed by atoms with E-state index in [-0.39, 0.29) is 18.3 Å². The molecule has 0 bridgehead atoms. The van der Waals surface area contributed by atoms with Crippen molar-refractivity contribution < 1.29 is 14.3 Å². The molecule has 1 atom stereocenters. The van der Waals surface area contributed by atoms with Crippen molar-refractivity contribution in [1.29, 1.82) is 0 Å². The van der Waals surface area contributed by atoms with E-state index in [9.17, 15) is 9.59 Å². The van der Waals surface area contributed by atoms with E-state index in [0.717, 1.165) is 16.8 Å². The summed E-state index contributed by atoms with van der Waals surface area (Å²) < 4.78 is 5.02. The average molecular weight is 273 g/mol. The Morgan fingerprint density at radius 3 is 2.60 bits per heavy atom. The van der Waals surface area contributed by atoms with Gasteiger partial charge in [0, 0.05) is 12.8 Å². The molecule has 1 amide bonds. The minimum absolute atomic E-state index is 0.124. The number of amides is 1. The molecule has 0 aromatic heterocycles. The Bertz CT molecular complexity index is 530. The second-order valence-corrected chi connectivity index (χ2v) is 4.97. The highest BCUT2D eigenvalue weighted by Crippen LogP contribution is 2.30. The summed E-state index contributed by atoms with van der Waals surface area (Å²) >= 11 is 0.